The second-order valence-corrected chi connectivity index (χ2v) is 3.59. The van der Waals surface area contributed by atoms with Crippen molar-refractivity contribution in [3.8, 4) is 0 Å². The summed E-state index contributed by atoms with van der Waals surface area (Å²) in [5.74, 6) is -1.67. The molecule has 1 N–H and O–H groups in total. The molecule has 0 amide bonds. The summed E-state index contributed by atoms with van der Waals surface area (Å²) in [6.45, 7) is 0. The summed E-state index contributed by atoms with van der Waals surface area (Å²) in [7, 11) is 0. The monoisotopic (exact) mass is 266 g/mol. The first-order chi connectivity index (χ1) is 6.02. The van der Waals surface area contributed by atoms with Crippen molar-refractivity contribution in [1.82, 2.24) is 0 Å². The van der Waals surface area contributed by atoms with Gasteiger partial charge in [-0.1, -0.05) is 11.6 Å². The molecule has 1 aromatic carbocycles. The number of hydrogen-bond donors (Lipinski definition) is 1. The van der Waals surface area contributed by atoms with Gasteiger partial charge in [0.1, 0.15) is 5.82 Å². The predicted octanol–water partition coefficient (Wildman–Crippen LogP) is 2.87. The summed E-state index contributed by atoms with van der Waals surface area (Å²) < 4.78 is 13.3. The SMILES string of the molecule is O=C(O)Cc1c(F)ccc(Cl)c1Br. The smallest absolute Gasteiger partial charge is 0.307 e. The lowest BCUT2D eigenvalue weighted by atomic mass is 10.1. The molecule has 1 rings (SSSR count). The first kappa shape index (κ1) is 10.5. The molecule has 0 saturated heterocycles. The highest BCUT2D eigenvalue weighted by Gasteiger charge is 2.13. The zero-order valence-electron chi connectivity index (χ0n) is 6.35. The molecule has 2 nitrogen and oxygen atoms in total. The molecule has 13 heavy (non-hydrogen) atoms. The van der Waals surface area contributed by atoms with Gasteiger partial charge in [-0.05, 0) is 28.1 Å². The minimum atomic E-state index is -1.10. The second-order valence-electron chi connectivity index (χ2n) is 2.39. The maximum Gasteiger partial charge on any atom is 0.307 e. The Labute approximate surface area is 87.5 Å². The van der Waals surface area contributed by atoms with Crippen LogP contribution in [0.5, 0.6) is 0 Å². The van der Waals surface area contributed by atoms with E-state index in [2.05, 4.69) is 15.9 Å². The molecule has 0 aliphatic heterocycles. The van der Waals surface area contributed by atoms with Gasteiger partial charge in [0.25, 0.3) is 0 Å². The summed E-state index contributed by atoms with van der Waals surface area (Å²) in [5, 5.41) is 8.78. The van der Waals surface area contributed by atoms with Gasteiger partial charge in [-0.15, -0.1) is 0 Å². The Hall–Kier alpha value is -0.610. The van der Waals surface area contributed by atoms with E-state index in [9.17, 15) is 9.18 Å². The Balaban J connectivity index is 3.17. The van der Waals surface area contributed by atoms with E-state index in [0.717, 1.165) is 6.07 Å². The summed E-state index contributed by atoms with van der Waals surface area (Å²) in [4.78, 5) is 10.4. The molecule has 0 unspecified atom stereocenters. The van der Waals surface area contributed by atoms with Crippen LogP contribution in [0, 0.1) is 5.82 Å². The van der Waals surface area contributed by atoms with Crippen molar-refractivity contribution in [2.45, 2.75) is 6.42 Å². The van der Waals surface area contributed by atoms with E-state index < -0.39 is 11.8 Å². The fourth-order valence-corrected chi connectivity index (χ4v) is 1.52. The third kappa shape index (κ3) is 2.42. The van der Waals surface area contributed by atoms with Crippen molar-refractivity contribution in [2.24, 2.45) is 0 Å². The summed E-state index contributed by atoms with van der Waals surface area (Å²) in [6.07, 6.45) is -0.382. The Morgan fingerprint density at radius 2 is 2.23 bits per heavy atom. The largest absolute Gasteiger partial charge is 0.481 e. The lowest BCUT2D eigenvalue weighted by molar-refractivity contribution is -0.136. The maximum absolute atomic E-state index is 13.0. The molecule has 0 saturated carbocycles. The number of benzene rings is 1. The number of carboxylic acid groups (broad SMARTS) is 1. The average molecular weight is 267 g/mol. The summed E-state index contributed by atoms with van der Waals surface area (Å²) >= 11 is 8.69. The van der Waals surface area contributed by atoms with Crippen molar-refractivity contribution in [3.05, 3.63) is 33.0 Å². The second kappa shape index (κ2) is 4.07. The molecular weight excluding hydrogens is 262 g/mol. The maximum atomic E-state index is 13.0. The van der Waals surface area contributed by atoms with Crippen LogP contribution in [0.3, 0.4) is 0 Å². The number of carboxylic acids is 1. The van der Waals surface area contributed by atoms with Crippen LogP contribution in [0.4, 0.5) is 4.39 Å². The zero-order valence-corrected chi connectivity index (χ0v) is 8.69. The fourth-order valence-electron chi connectivity index (χ4n) is 0.882. The van der Waals surface area contributed by atoms with Crippen molar-refractivity contribution < 1.29 is 14.3 Å². The lowest BCUT2D eigenvalue weighted by Gasteiger charge is -2.04. The minimum Gasteiger partial charge on any atom is -0.481 e. The molecular formula is C8H5BrClFO2. The molecule has 0 heterocycles. The van der Waals surface area contributed by atoms with E-state index >= 15 is 0 Å². The Kier molecular flexibility index (Phi) is 3.27. The topological polar surface area (TPSA) is 37.3 Å². The highest BCUT2D eigenvalue weighted by Crippen LogP contribution is 2.28. The number of aliphatic carboxylic acids is 1. The normalized spacial score (nSPS) is 10.1. The lowest BCUT2D eigenvalue weighted by Crippen LogP contribution is -2.03. The van der Waals surface area contributed by atoms with Gasteiger partial charge in [0.15, 0.2) is 0 Å². The van der Waals surface area contributed by atoms with Crippen molar-refractivity contribution in [1.29, 1.82) is 0 Å². The van der Waals surface area contributed by atoms with Gasteiger partial charge in [-0.2, -0.15) is 0 Å². The quantitative estimate of drug-likeness (QED) is 0.837. The number of rotatable bonds is 2. The zero-order chi connectivity index (χ0) is 10.0. The molecule has 0 aromatic heterocycles. The first-order valence-electron chi connectivity index (χ1n) is 3.36. The van der Waals surface area contributed by atoms with Gasteiger partial charge in [0.2, 0.25) is 0 Å². The molecule has 1 aromatic rings. The van der Waals surface area contributed by atoms with E-state index in [1.165, 1.54) is 6.07 Å². The van der Waals surface area contributed by atoms with Crippen LogP contribution in [-0.4, -0.2) is 11.1 Å². The molecule has 0 bridgehead atoms. The molecule has 0 fully saturated rings. The number of hydrogen-bond acceptors (Lipinski definition) is 1. The van der Waals surface area contributed by atoms with Crippen LogP contribution in [0.1, 0.15) is 5.56 Å². The van der Waals surface area contributed by atoms with E-state index in [-0.39, 0.29) is 12.0 Å². The summed E-state index contributed by atoms with van der Waals surface area (Å²) in [5.41, 5.74) is 0.0694. The van der Waals surface area contributed by atoms with E-state index in [0.29, 0.717) is 9.50 Å². The number of halogens is 3. The highest BCUT2D eigenvalue weighted by molar-refractivity contribution is 9.10. The van der Waals surface area contributed by atoms with Crippen LogP contribution in [0.25, 0.3) is 0 Å². The molecule has 0 radical (unpaired) electrons. The fraction of sp³-hybridized carbons (Fsp3) is 0.125. The third-order valence-corrected chi connectivity index (χ3v) is 2.92. The first-order valence-corrected chi connectivity index (χ1v) is 4.53. The predicted molar refractivity (Wildman–Crippen MR) is 50.4 cm³/mol. The Morgan fingerprint density at radius 1 is 1.62 bits per heavy atom. The van der Waals surface area contributed by atoms with Crippen molar-refractivity contribution in [3.63, 3.8) is 0 Å². The Morgan fingerprint density at radius 3 is 2.77 bits per heavy atom. The van der Waals surface area contributed by atoms with Crippen LogP contribution in [-0.2, 0) is 11.2 Å². The van der Waals surface area contributed by atoms with Crippen molar-refractivity contribution in [2.75, 3.05) is 0 Å². The van der Waals surface area contributed by atoms with Crippen molar-refractivity contribution >= 4 is 33.5 Å². The molecule has 0 aliphatic rings. The van der Waals surface area contributed by atoms with Gasteiger partial charge >= 0.3 is 5.97 Å². The number of carbonyl (C=O) groups is 1. The Bertz CT molecular complexity index is 354. The molecule has 0 aliphatic carbocycles. The molecule has 70 valence electrons. The molecule has 5 heteroatoms. The van der Waals surface area contributed by atoms with E-state index in [4.69, 9.17) is 16.7 Å². The average Bonchev–Trinajstić information content (AvgIpc) is 2.05. The van der Waals surface area contributed by atoms with Gasteiger partial charge < -0.3 is 5.11 Å². The molecule has 0 spiro atoms. The highest BCUT2D eigenvalue weighted by atomic mass is 79.9. The van der Waals surface area contributed by atoms with Crippen LogP contribution in [0.2, 0.25) is 5.02 Å². The van der Waals surface area contributed by atoms with Crippen LogP contribution >= 0.6 is 27.5 Å². The molecule has 0 atom stereocenters. The summed E-state index contributed by atoms with van der Waals surface area (Å²) in [6, 6.07) is 2.51. The van der Waals surface area contributed by atoms with Gasteiger partial charge in [-0.25, -0.2) is 4.39 Å². The van der Waals surface area contributed by atoms with Gasteiger partial charge in [-0.3, -0.25) is 4.79 Å². The van der Waals surface area contributed by atoms with Gasteiger partial charge in [0, 0.05) is 10.0 Å². The van der Waals surface area contributed by atoms with Gasteiger partial charge in [0.05, 0.1) is 11.4 Å². The standard InChI is InChI=1S/C8H5BrClFO2/c9-8-4(3-7(12)13)6(11)2-1-5(8)10/h1-2H,3H2,(H,12,13). The van der Waals surface area contributed by atoms with E-state index in [1.807, 2.05) is 0 Å². The minimum absolute atomic E-state index is 0.0694. The van der Waals surface area contributed by atoms with Crippen LogP contribution in [0.15, 0.2) is 16.6 Å². The van der Waals surface area contributed by atoms with E-state index in [1.54, 1.807) is 0 Å². The van der Waals surface area contributed by atoms with Crippen LogP contribution < -0.4 is 0 Å². The third-order valence-electron chi connectivity index (χ3n) is 1.47.